The van der Waals surface area contributed by atoms with Crippen molar-refractivity contribution in [2.45, 2.75) is 0 Å². The molecule has 0 spiro atoms. The predicted molar refractivity (Wildman–Crippen MR) is 48.4 cm³/mol. The van der Waals surface area contributed by atoms with E-state index in [9.17, 15) is 8.78 Å². The van der Waals surface area contributed by atoms with E-state index in [-0.39, 0.29) is 0 Å². The Kier molecular flexibility index (Phi) is 2.23. The van der Waals surface area contributed by atoms with Crippen molar-refractivity contribution in [2.24, 2.45) is 0 Å². The lowest BCUT2D eigenvalue weighted by molar-refractivity contribution is 0.509. The molecule has 0 bridgehead atoms. The second-order valence-electron chi connectivity index (χ2n) is 2.80. The standard InChI is InChI=1S/C11H6F2N/c12-10-4-3-8(6-11(10)13)9-2-1-5-14-7-9/h2-7H. The molecule has 0 fully saturated rings. The zero-order valence-corrected chi connectivity index (χ0v) is 7.17. The highest BCUT2D eigenvalue weighted by atomic mass is 19.2. The van der Waals surface area contributed by atoms with Crippen LogP contribution in [0, 0.1) is 17.7 Å². The molecule has 3 heteroatoms. The lowest BCUT2D eigenvalue weighted by Crippen LogP contribution is -1.85. The molecule has 1 aromatic carbocycles. The van der Waals surface area contributed by atoms with E-state index in [0.717, 1.165) is 12.1 Å². The number of rotatable bonds is 1. The van der Waals surface area contributed by atoms with Crippen molar-refractivity contribution in [3.63, 3.8) is 0 Å². The van der Waals surface area contributed by atoms with Gasteiger partial charge >= 0.3 is 0 Å². The molecule has 1 radical (unpaired) electrons. The van der Waals surface area contributed by atoms with Crippen LogP contribution in [0.4, 0.5) is 8.78 Å². The molecule has 0 saturated carbocycles. The van der Waals surface area contributed by atoms with E-state index in [2.05, 4.69) is 11.1 Å². The third-order valence-electron chi connectivity index (χ3n) is 1.85. The maximum atomic E-state index is 12.9. The van der Waals surface area contributed by atoms with Crippen molar-refractivity contribution < 1.29 is 8.78 Å². The molecule has 69 valence electrons. The van der Waals surface area contributed by atoms with E-state index in [1.54, 1.807) is 12.3 Å². The summed E-state index contributed by atoms with van der Waals surface area (Å²) in [5, 5.41) is 0. The van der Waals surface area contributed by atoms with Gasteiger partial charge in [-0.3, -0.25) is 4.98 Å². The highest BCUT2D eigenvalue weighted by molar-refractivity contribution is 5.61. The zero-order chi connectivity index (χ0) is 9.97. The van der Waals surface area contributed by atoms with Crippen molar-refractivity contribution in [3.05, 3.63) is 54.4 Å². The summed E-state index contributed by atoms with van der Waals surface area (Å²) in [5.41, 5.74) is 1.31. The molecule has 0 N–H and O–H groups in total. The summed E-state index contributed by atoms with van der Waals surface area (Å²) in [6, 6.07) is 8.17. The lowest BCUT2D eigenvalue weighted by atomic mass is 10.1. The number of aromatic nitrogens is 1. The molecule has 1 nitrogen and oxygen atoms in total. The number of pyridine rings is 1. The number of halogens is 2. The predicted octanol–water partition coefficient (Wildman–Crippen LogP) is 2.83. The second kappa shape index (κ2) is 3.54. The van der Waals surface area contributed by atoms with Gasteiger partial charge < -0.3 is 0 Å². The molecule has 0 amide bonds. The first-order valence-electron chi connectivity index (χ1n) is 4.04. The highest BCUT2D eigenvalue weighted by Crippen LogP contribution is 2.19. The first kappa shape index (κ1) is 8.81. The average molecular weight is 190 g/mol. The van der Waals surface area contributed by atoms with Crippen molar-refractivity contribution in [1.29, 1.82) is 0 Å². The van der Waals surface area contributed by atoms with Crippen LogP contribution in [0.5, 0.6) is 0 Å². The van der Waals surface area contributed by atoms with Crippen molar-refractivity contribution in [3.8, 4) is 11.1 Å². The van der Waals surface area contributed by atoms with Crippen LogP contribution in [0.2, 0.25) is 0 Å². The van der Waals surface area contributed by atoms with Crippen LogP contribution >= 0.6 is 0 Å². The molecule has 14 heavy (non-hydrogen) atoms. The Labute approximate surface area is 80.0 Å². The quantitative estimate of drug-likeness (QED) is 0.673. The van der Waals surface area contributed by atoms with Gasteiger partial charge in [0.25, 0.3) is 0 Å². The van der Waals surface area contributed by atoms with Gasteiger partial charge in [0.05, 0.1) is 0 Å². The van der Waals surface area contributed by atoms with Gasteiger partial charge in [0, 0.05) is 24.0 Å². The van der Waals surface area contributed by atoms with E-state index in [1.165, 1.54) is 12.3 Å². The van der Waals surface area contributed by atoms with E-state index in [1.807, 2.05) is 0 Å². The third-order valence-corrected chi connectivity index (χ3v) is 1.85. The molecule has 2 aromatic rings. The Morgan fingerprint density at radius 3 is 2.57 bits per heavy atom. The fraction of sp³-hybridized carbons (Fsp3) is 0. The Balaban J connectivity index is 2.48. The third kappa shape index (κ3) is 1.62. The normalized spacial score (nSPS) is 10.1. The Bertz CT molecular complexity index is 440. The van der Waals surface area contributed by atoms with Crippen LogP contribution in [0.25, 0.3) is 11.1 Å². The fourth-order valence-electron chi connectivity index (χ4n) is 1.16. The Morgan fingerprint density at radius 2 is 1.93 bits per heavy atom. The van der Waals surface area contributed by atoms with Crippen LogP contribution < -0.4 is 0 Å². The highest BCUT2D eigenvalue weighted by Gasteiger charge is 2.03. The molecule has 1 aromatic heterocycles. The number of hydrogen-bond acceptors (Lipinski definition) is 1. The van der Waals surface area contributed by atoms with E-state index >= 15 is 0 Å². The second-order valence-corrected chi connectivity index (χ2v) is 2.80. The first-order chi connectivity index (χ1) is 6.77. The topological polar surface area (TPSA) is 12.9 Å². The summed E-state index contributed by atoms with van der Waals surface area (Å²) in [6.07, 6.45) is 3.08. The minimum atomic E-state index is -0.855. The summed E-state index contributed by atoms with van der Waals surface area (Å²) in [7, 11) is 0. The maximum absolute atomic E-state index is 12.9. The van der Waals surface area contributed by atoms with Crippen LogP contribution in [0.1, 0.15) is 0 Å². The summed E-state index contributed by atoms with van der Waals surface area (Å²) >= 11 is 0. The smallest absolute Gasteiger partial charge is 0.159 e. The monoisotopic (exact) mass is 190 g/mol. The van der Waals surface area contributed by atoms with Gasteiger partial charge in [-0.05, 0) is 23.8 Å². The summed E-state index contributed by atoms with van der Waals surface area (Å²) in [5.74, 6) is -1.70. The first-order valence-corrected chi connectivity index (χ1v) is 4.04. The zero-order valence-electron chi connectivity index (χ0n) is 7.17. The molecule has 0 atom stereocenters. The molecule has 0 unspecified atom stereocenters. The number of hydrogen-bond donors (Lipinski definition) is 0. The van der Waals surface area contributed by atoms with Crippen molar-refractivity contribution in [1.82, 2.24) is 4.98 Å². The van der Waals surface area contributed by atoms with Gasteiger partial charge in [0.2, 0.25) is 0 Å². The van der Waals surface area contributed by atoms with Gasteiger partial charge in [-0.2, -0.15) is 0 Å². The van der Waals surface area contributed by atoms with Crippen LogP contribution in [-0.4, -0.2) is 4.98 Å². The number of benzene rings is 1. The van der Waals surface area contributed by atoms with Gasteiger partial charge in [0.15, 0.2) is 11.6 Å². The Morgan fingerprint density at radius 1 is 1.07 bits per heavy atom. The largest absolute Gasteiger partial charge is 0.263 e. The SMILES string of the molecule is Fc1ccc(-c2c[c]cnc2)cc1F. The van der Waals surface area contributed by atoms with E-state index in [0.29, 0.717) is 11.1 Å². The van der Waals surface area contributed by atoms with E-state index < -0.39 is 11.6 Å². The minimum Gasteiger partial charge on any atom is -0.263 e. The van der Waals surface area contributed by atoms with Crippen molar-refractivity contribution in [2.75, 3.05) is 0 Å². The molecule has 0 aliphatic carbocycles. The number of nitrogens with zero attached hydrogens (tertiary/aromatic N) is 1. The van der Waals surface area contributed by atoms with Gasteiger partial charge in [-0.1, -0.05) is 6.07 Å². The van der Waals surface area contributed by atoms with Crippen LogP contribution in [0.3, 0.4) is 0 Å². The van der Waals surface area contributed by atoms with Gasteiger partial charge in [-0.25, -0.2) is 8.78 Å². The lowest BCUT2D eigenvalue weighted by Gasteiger charge is -2.00. The van der Waals surface area contributed by atoms with Crippen molar-refractivity contribution >= 4 is 0 Å². The molecule has 2 rings (SSSR count). The summed E-state index contributed by atoms with van der Waals surface area (Å²) in [6.45, 7) is 0. The molecule has 1 heterocycles. The van der Waals surface area contributed by atoms with Gasteiger partial charge in [0.1, 0.15) is 0 Å². The molecule has 0 saturated heterocycles. The van der Waals surface area contributed by atoms with Gasteiger partial charge in [-0.15, -0.1) is 0 Å². The molecule has 0 aliphatic heterocycles. The summed E-state index contributed by atoms with van der Waals surface area (Å²) in [4.78, 5) is 3.84. The fourth-order valence-corrected chi connectivity index (χ4v) is 1.16. The molecular formula is C11H6F2N. The molecule has 0 aliphatic rings. The van der Waals surface area contributed by atoms with Crippen LogP contribution in [-0.2, 0) is 0 Å². The minimum absolute atomic E-state index is 0.591. The Hall–Kier alpha value is -1.77. The average Bonchev–Trinajstić information content (AvgIpc) is 2.23. The van der Waals surface area contributed by atoms with Crippen LogP contribution in [0.15, 0.2) is 36.7 Å². The van der Waals surface area contributed by atoms with E-state index in [4.69, 9.17) is 0 Å². The maximum Gasteiger partial charge on any atom is 0.159 e. The molecular weight excluding hydrogens is 184 g/mol. The summed E-state index contributed by atoms with van der Waals surface area (Å²) < 4.78 is 25.5.